The molecule has 0 spiro atoms. The Morgan fingerprint density at radius 2 is 1.78 bits per heavy atom. The van der Waals surface area contributed by atoms with E-state index in [1.54, 1.807) is 4.90 Å². The van der Waals surface area contributed by atoms with Crippen molar-refractivity contribution < 1.29 is 23.9 Å². The number of hydrogen-bond acceptors (Lipinski definition) is 4. The van der Waals surface area contributed by atoms with E-state index in [2.05, 4.69) is 54.6 Å². The molecule has 1 aromatic carbocycles. The molecule has 0 saturated carbocycles. The van der Waals surface area contributed by atoms with Crippen molar-refractivity contribution in [3.8, 4) is 0 Å². The Labute approximate surface area is 218 Å². The smallest absolute Gasteiger partial charge is 0.410 e. The Bertz CT molecular complexity index is 909. The Morgan fingerprint density at radius 3 is 2.33 bits per heavy atom. The quantitative estimate of drug-likeness (QED) is 0.403. The molecule has 7 nitrogen and oxygen atoms in total. The van der Waals surface area contributed by atoms with Gasteiger partial charge in [0.2, 0.25) is 0 Å². The van der Waals surface area contributed by atoms with Crippen LogP contribution in [0.25, 0.3) is 0 Å². The number of ether oxygens (including phenoxy) is 1. The predicted octanol–water partition coefficient (Wildman–Crippen LogP) is 6.77. The van der Waals surface area contributed by atoms with Crippen LogP contribution in [0.3, 0.4) is 0 Å². The SMILES string of the molecule is CC(C)(C)C1CC(CCN2C(=O)O[C@@H](c3ccccc3)[C@H]2CO[Si](C)(C)C(C)(C)C)CCN1C(=O)O. The zero-order valence-electron chi connectivity index (χ0n) is 23.4. The highest BCUT2D eigenvalue weighted by atomic mass is 28.4. The zero-order chi connectivity index (χ0) is 26.9. The van der Waals surface area contributed by atoms with Gasteiger partial charge in [-0.1, -0.05) is 71.9 Å². The van der Waals surface area contributed by atoms with Gasteiger partial charge in [0.15, 0.2) is 14.4 Å². The van der Waals surface area contributed by atoms with Crippen molar-refractivity contribution in [2.45, 2.75) is 97.1 Å². The van der Waals surface area contributed by atoms with Gasteiger partial charge in [-0.3, -0.25) is 4.90 Å². The summed E-state index contributed by atoms with van der Waals surface area (Å²) in [6.45, 7) is 19.0. The minimum atomic E-state index is -2.01. The molecule has 2 aliphatic rings. The van der Waals surface area contributed by atoms with Crippen LogP contribution < -0.4 is 0 Å². The highest BCUT2D eigenvalue weighted by molar-refractivity contribution is 6.74. The third-order valence-corrected chi connectivity index (χ3v) is 13.0. The summed E-state index contributed by atoms with van der Waals surface area (Å²) < 4.78 is 12.5. The fraction of sp³-hybridized carbons (Fsp3) is 0.714. The van der Waals surface area contributed by atoms with Crippen molar-refractivity contribution in [3.63, 3.8) is 0 Å². The highest BCUT2D eigenvalue weighted by Gasteiger charge is 2.46. The Kier molecular flexibility index (Phi) is 8.50. The van der Waals surface area contributed by atoms with Gasteiger partial charge in [-0.05, 0) is 54.3 Å². The van der Waals surface area contributed by atoms with Crippen LogP contribution >= 0.6 is 0 Å². The summed E-state index contributed by atoms with van der Waals surface area (Å²) in [5, 5.41) is 9.77. The van der Waals surface area contributed by atoms with Gasteiger partial charge in [-0.2, -0.15) is 0 Å². The molecule has 0 aliphatic carbocycles. The molecular formula is C28H46N2O5Si. The van der Waals surface area contributed by atoms with Crippen molar-refractivity contribution in [2.24, 2.45) is 11.3 Å². The van der Waals surface area contributed by atoms with Crippen molar-refractivity contribution in [3.05, 3.63) is 35.9 Å². The fourth-order valence-electron chi connectivity index (χ4n) is 5.10. The number of piperidine rings is 1. The second-order valence-electron chi connectivity index (χ2n) is 13.1. The van der Waals surface area contributed by atoms with Gasteiger partial charge in [0.25, 0.3) is 0 Å². The molecule has 1 N–H and O–H groups in total. The standard InChI is InChI=1S/C28H46N2O5Si/c1-27(2,3)23-18-20(15-17-30(23)25(31)32)14-16-29-22(19-34-36(7,8)28(4,5)6)24(35-26(29)33)21-12-10-9-11-13-21/h9-13,20,22-24H,14-19H2,1-8H3,(H,31,32)/t20?,22-,23?,24+/m1/s1. The number of carbonyl (C=O) groups excluding carboxylic acids is 1. The van der Waals surface area contributed by atoms with Gasteiger partial charge in [0, 0.05) is 19.1 Å². The first kappa shape index (κ1) is 28.5. The molecule has 8 heteroatoms. The number of benzene rings is 1. The molecule has 202 valence electrons. The maximum Gasteiger partial charge on any atom is 0.410 e. The largest absolute Gasteiger partial charge is 0.465 e. The average Bonchev–Trinajstić information content (AvgIpc) is 3.10. The summed E-state index contributed by atoms with van der Waals surface area (Å²) in [7, 11) is -2.01. The molecular weight excluding hydrogens is 472 g/mol. The molecule has 2 aliphatic heterocycles. The molecule has 2 unspecified atom stereocenters. The lowest BCUT2D eigenvalue weighted by Gasteiger charge is -2.45. The minimum absolute atomic E-state index is 0.0333. The lowest BCUT2D eigenvalue weighted by atomic mass is 9.76. The van der Waals surface area contributed by atoms with Gasteiger partial charge >= 0.3 is 12.2 Å². The number of likely N-dealkylation sites (tertiary alicyclic amines) is 1. The van der Waals surface area contributed by atoms with Gasteiger partial charge in [0.1, 0.15) is 0 Å². The van der Waals surface area contributed by atoms with Crippen LogP contribution in [0.2, 0.25) is 18.1 Å². The number of hydrogen-bond donors (Lipinski definition) is 1. The normalized spacial score (nSPS) is 25.7. The summed E-state index contributed by atoms with van der Waals surface area (Å²) in [5.41, 5.74) is 0.849. The molecule has 2 saturated heterocycles. The summed E-state index contributed by atoms with van der Waals surface area (Å²) >= 11 is 0. The minimum Gasteiger partial charge on any atom is -0.465 e. The molecule has 0 aromatic heterocycles. The lowest BCUT2D eigenvalue weighted by molar-refractivity contribution is 0.0367. The topological polar surface area (TPSA) is 79.3 Å². The highest BCUT2D eigenvalue weighted by Crippen LogP contribution is 2.40. The summed E-state index contributed by atoms with van der Waals surface area (Å²) in [5.74, 6) is 0.357. The van der Waals surface area contributed by atoms with E-state index >= 15 is 0 Å². The average molecular weight is 519 g/mol. The van der Waals surface area contributed by atoms with E-state index < -0.39 is 14.4 Å². The predicted molar refractivity (Wildman–Crippen MR) is 145 cm³/mol. The van der Waals surface area contributed by atoms with Crippen LogP contribution in [-0.4, -0.2) is 67.2 Å². The lowest BCUT2D eigenvalue weighted by Crippen LogP contribution is -2.52. The van der Waals surface area contributed by atoms with Crippen molar-refractivity contribution in [1.82, 2.24) is 9.80 Å². The van der Waals surface area contributed by atoms with Crippen molar-refractivity contribution >= 4 is 20.5 Å². The molecule has 2 heterocycles. The van der Waals surface area contributed by atoms with Gasteiger partial charge in [-0.25, -0.2) is 9.59 Å². The molecule has 36 heavy (non-hydrogen) atoms. The van der Waals surface area contributed by atoms with Crippen LogP contribution in [0.4, 0.5) is 9.59 Å². The molecule has 4 atom stereocenters. The Hall–Kier alpha value is -2.06. The maximum absolute atomic E-state index is 13.1. The van der Waals surface area contributed by atoms with Crippen molar-refractivity contribution in [2.75, 3.05) is 19.7 Å². The number of carbonyl (C=O) groups is 2. The zero-order valence-corrected chi connectivity index (χ0v) is 24.4. The van der Waals surface area contributed by atoms with E-state index in [0.29, 0.717) is 25.6 Å². The van der Waals surface area contributed by atoms with E-state index in [1.807, 2.05) is 35.2 Å². The number of cyclic esters (lactones) is 1. The number of carboxylic acid groups (broad SMARTS) is 1. The van der Waals surface area contributed by atoms with E-state index in [1.165, 1.54) is 0 Å². The van der Waals surface area contributed by atoms with Crippen LogP contribution in [0.5, 0.6) is 0 Å². The van der Waals surface area contributed by atoms with E-state index in [0.717, 1.165) is 24.8 Å². The van der Waals surface area contributed by atoms with Crippen LogP contribution in [0, 0.1) is 11.3 Å². The van der Waals surface area contributed by atoms with Gasteiger partial charge in [-0.15, -0.1) is 0 Å². The van der Waals surface area contributed by atoms with Crippen molar-refractivity contribution in [1.29, 1.82) is 0 Å². The second kappa shape index (κ2) is 10.7. The van der Waals surface area contributed by atoms with E-state index in [4.69, 9.17) is 9.16 Å². The van der Waals surface area contributed by atoms with Crippen LogP contribution in [0.15, 0.2) is 30.3 Å². The molecule has 2 amide bonds. The van der Waals surface area contributed by atoms with Crippen LogP contribution in [0.1, 0.15) is 72.5 Å². The first-order chi connectivity index (χ1) is 16.6. The number of rotatable bonds is 7. The molecule has 2 fully saturated rings. The summed E-state index contributed by atoms with van der Waals surface area (Å²) in [4.78, 5) is 28.4. The molecule has 0 bridgehead atoms. The maximum atomic E-state index is 13.1. The van der Waals surface area contributed by atoms with E-state index in [-0.39, 0.29) is 34.7 Å². The fourth-order valence-corrected chi connectivity index (χ4v) is 6.12. The molecule has 0 radical (unpaired) electrons. The second-order valence-corrected chi connectivity index (χ2v) is 17.9. The van der Waals surface area contributed by atoms with Gasteiger partial charge in [0.05, 0.1) is 12.6 Å². The molecule has 1 aromatic rings. The third-order valence-electron chi connectivity index (χ3n) is 8.50. The first-order valence-electron chi connectivity index (χ1n) is 13.3. The van der Waals surface area contributed by atoms with Crippen LogP contribution in [-0.2, 0) is 9.16 Å². The number of nitrogens with zero attached hydrogens (tertiary/aromatic N) is 2. The first-order valence-corrected chi connectivity index (χ1v) is 16.2. The Balaban J connectivity index is 1.75. The third kappa shape index (κ3) is 6.43. The summed E-state index contributed by atoms with van der Waals surface area (Å²) in [6.07, 6.45) is 0.960. The summed E-state index contributed by atoms with van der Waals surface area (Å²) in [6, 6.07) is 9.71. The monoisotopic (exact) mass is 518 g/mol. The van der Waals surface area contributed by atoms with E-state index in [9.17, 15) is 14.7 Å². The molecule has 3 rings (SSSR count). The van der Waals surface area contributed by atoms with Gasteiger partial charge < -0.3 is 19.2 Å². The Morgan fingerprint density at radius 1 is 1.14 bits per heavy atom. The number of amides is 2.